The fourth-order valence-corrected chi connectivity index (χ4v) is 3.92. The van der Waals surface area contributed by atoms with Crippen molar-refractivity contribution in [3.8, 4) is 29.1 Å². The average Bonchev–Trinajstić information content (AvgIpc) is 2.81. The first-order valence-corrected chi connectivity index (χ1v) is 12.2. The Morgan fingerprint density at radius 3 is 2.51 bits per heavy atom. The molecule has 0 heterocycles. The Hall–Kier alpha value is -3.66. The second kappa shape index (κ2) is 10.7. The molecular weight excluding hydrogens is 545 g/mol. The Morgan fingerprint density at radius 2 is 1.89 bits per heavy atom. The van der Waals surface area contributed by atoms with Gasteiger partial charge in [-0.15, -0.1) is 0 Å². The normalized spacial score (nSPS) is 10.9. The van der Waals surface area contributed by atoms with Crippen LogP contribution in [0.4, 0.5) is 10.1 Å². The third-order valence-corrected chi connectivity index (χ3v) is 6.17. The Balaban J connectivity index is 1.74. The molecule has 3 N–H and O–H groups in total. The summed E-state index contributed by atoms with van der Waals surface area (Å²) in [6.45, 7) is 1.06. The van der Waals surface area contributed by atoms with Crippen molar-refractivity contribution in [1.82, 2.24) is 0 Å². The van der Waals surface area contributed by atoms with E-state index in [0.29, 0.717) is 17.0 Å². The number of carbonyl (C=O) groups excluding carboxylic acids is 1. The lowest BCUT2D eigenvalue weighted by Gasteiger charge is -2.14. The van der Waals surface area contributed by atoms with E-state index in [2.05, 4.69) is 21.2 Å². The van der Waals surface area contributed by atoms with Crippen molar-refractivity contribution in [1.29, 1.82) is 5.26 Å². The van der Waals surface area contributed by atoms with Gasteiger partial charge < -0.3 is 19.5 Å². The van der Waals surface area contributed by atoms with Crippen molar-refractivity contribution in [3.05, 3.63) is 69.9 Å². The van der Waals surface area contributed by atoms with Crippen LogP contribution in [0, 0.1) is 24.1 Å². The molecule has 182 valence electrons. The van der Waals surface area contributed by atoms with Crippen LogP contribution in [0.1, 0.15) is 11.1 Å². The van der Waals surface area contributed by atoms with Gasteiger partial charge in [-0.2, -0.15) is 9.65 Å². The highest BCUT2D eigenvalue weighted by atomic mass is 79.9. The minimum absolute atomic E-state index is 0.0911. The number of nitrogens with two attached hydrogens (primary N) is 1. The zero-order valence-electron chi connectivity index (χ0n) is 18.5. The Kier molecular flexibility index (Phi) is 7.96. The summed E-state index contributed by atoms with van der Waals surface area (Å²) in [5.74, 6) is -1.42. The molecule has 3 aromatic carbocycles. The lowest BCUT2D eigenvalue weighted by Crippen LogP contribution is -2.21. The van der Waals surface area contributed by atoms with Crippen LogP contribution in [0.2, 0.25) is 0 Å². The number of halogens is 2. The quantitative estimate of drug-likeness (QED) is 0.417. The van der Waals surface area contributed by atoms with Gasteiger partial charge in [0.15, 0.2) is 18.1 Å². The molecule has 0 aliphatic heterocycles. The molecule has 0 bridgehead atoms. The maximum atomic E-state index is 15.1. The zero-order valence-corrected chi connectivity index (χ0v) is 20.9. The molecule has 0 saturated heterocycles. The lowest BCUT2D eigenvalue weighted by molar-refractivity contribution is -0.118. The molecule has 0 atom stereocenters. The van der Waals surface area contributed by atoms with Crippen LogP contribution in [0.3, 0.4) is 0 Å². The predicted octanol–water partition coefficient (Wildman–Crippen LogP) is 4.23. The minimum Gasteiger partial charge on any atom is -0.497 e. The fraction of sp³-hybridized carbons (Fsp3) is 0.130. The van der Waals surface area contributed by atoms with Crippen LogP contribution in [-0.4, -0.2) is 28.0 Å². The van der Waals surface area contributed by atoms with Gasteiger partial charge in [-0.3, -0.25) is 4.79 Å². The van der Waals surface area contributed by atoms with Crippen LogP contribution in [0.25, 0.3) is 0 Å². The number of carbonyl (C=O) groups is 1. The number of amides is 1. The van der Waals surface area contributed by atoms with E-state index in [1.54, 1.807) is 6.92 Å². The summed E-state index contributed by atoms with van der Waals surface area (Å²) in [4.78, 5) is 12.2. The predicted molar refractivity (Wildman–Crippen MR) is 129 cm³/mol. The Bertz CT molecular complexity index is 1440. The number of nitriles is 1. The standard InChI is InChI=1S/C23H19BrFN3O6S/c1-13-7-17(35(27,30)31)3-5-19(13)28-21(29)12-33-20-6-4-18(24)23(22(20)25)34-16-9-14(11-26)8-15(10-16)32-2/h3-10H,12H2,1-2H3,(H,28,29)(H2,27,30,31). The van der Waals surface area contributed by atoms with Crippen molar-refractivity contribution < 1.29 is 31.8 Å². The molecule has 0 unspecified atom stereocenters. The van der Waals surface area contributed by atoms with Gasteiger partial charge in [0.1, 0.15) is 11.5 Å². The summed E-state index contributed by atoms with van der Waals surface area (Å²) >= 11 is 3.21. The van der Waals surface area contributed by atoms with Gasteiger partial charge in [-0.05, 0) is 70.9 Å². The number of anilines is 1. The highest BCUT2D eigenvalue weighted by Gasteiger charge is 2.18. The maximum Gasteiger partial charge on any atom is 0.262 e. The number of aryl methyl sites for hydroxylation is 1. The monoisotopic (exact) mass is 563 g/mol. The number of nitrogens with zero attached hydrogens (tertiary/aromatic N) is 1. The molecule has 3 aromatic rings. The zero-order chi connectivity index (χ0) is 25.8. The summed E-state index contributed by atoms with van der Waals surface area (Å²) in [6.07, 6.45) is 0. The van der Waals surface area contributed by atoms with E-state index in [1.807, 2.05) is 6.07 Å². The van der Waals surface area contributed by atoms with Crippen molar-refractivity contribution in [2.75, 3.05) is 19.0 Å². The molecule has 9 nitrogen and oxygen atoms in total. The summed E-state index contributed by atoms with van der Waals surface area (Å²) in [5, 5.41) is 16.8. The Labute approximate surface area is 209 Å². The number of sulfonamides is 1. The first kappa shape index (κ1) is 26.0. The summed E-state index contributed by atoms with van der Waals surface area (Å²) in [7, 11) is -2.45. The summed E-state index contributed by atoms with van der Waals surface area (Å²) in [6, 6.07) is 13.1. The topological polar surface area (TPSA) is 141 Å². The van der Waals surface area contributed by atoms with Crippen molar-refractivity contribution in [3.63, 3.8) is 0 Å². The molecule has 0 radical (unpaired) electrons. The van der Waals surface area contributed by atoms with Crippen molar-refractivity contribution in [2.24, 2.45) is 5.14 Å². The third kappa shape index (κ3) is 6.48. The van der Waals surface area contributed by atoms with Gasteiger partial charge in [0, 0.05) is 11.8 Å². The number of hydrogen-bond donors (Lipinski definition) is 2. The molecule has 0 spiro atoms. The van der Waals surface area contributed by atoms with Gasteiger partial charge in [-0.1, -0.05) is 0 Å². The number of primary sulfonamides is 1. The highest BCUT2D eigenvalue weighted by molar-refractivity contribution is 9.10. The van der Waals surface area contributed by atoms with Crippen LogP contribution < -0.4 is 24.7 Å². The van der Waals surface area contributed by atoms with E-state index in [-0.39, 0.29) is 32.2 Å². The van der Waals surface area contributed by atoms with Gasteiger partial charge in [0.25, 0.3) is 5.91 Å². The first-order valence-electron chi connectivity index (χ1n) is 9.83. The summed E-state index contributed by atoms with van der Waals surface area (Å²) in [5.41, 5.74) is 1.07. The lowest BCUT2D eigenvalue weighted by atomic mass is 10.2. The van der Waals surface area contributed by atoms with Gasteiger partial charge >= 0.3 is 0 Å². The fourth-order valence-electron chi connectivity index (χ4n) is 2.93. The van der Waals surface area contributed by atoms with E-state index >= 15 is 4.39 Å². The van der Waals surface area contributed by atoms with Crippen molar-refractivity contribution in [2.45, 2.75) is 11.8 Å². The van der Waals surface area contributed by atoms with Crippen LogP contribution in [-0.2, 0) is 14.8 Å². The van der Waals surface area contributed by atoms with E-state index < -0.39 is 28.4 Å². The van der Waals surface area contributed by atoms with E-state index in [4.69, 9.17) is 24.6 Å². The molecule has 0 aliphatic carbocycles. The number of nitrogens with one attached hydrogen (secondary N) is 1. The molecule has 35 heavy (non-hydrogen) atoms. The maximum absolute atomic E-state index is 15.1. The van der Waals surface area contributed by atoms with Gasteiger partial charge in [0.2, 0.25) is 15.8 Å². The number of hydrogen-bond acceptors (Lipinski definition) is 7. The molecule has 12 heteroatoms. The van der Waals surface area contributed by atoms with Crippen LogP contribution in [0.5, 0.6) is 23.0 Å². The molecule has 0 aromatic heterocycles. The summed E-state index contributed by atoms with van der Waals surface area (Å²) < 4.78 is 54.3. The smallest absolute Gasteiger partial charge is 0.262 e. The minimum atomic E-state index is -3.88. The highest BCUT2D eigenvalue weighted by Crippen LogP contribution is 2.38. The van der Waals surface area contributed by atoms with Gasteiger partial charge in [0.05, 0.1) is 28.1 Å². The van der Waals surface area contributed by atoms with E-state index in [9.17, 15) is 13.2 Å². The van der Waals surface area contributed by atoms with Crippen LogP contribution >= 0.6 is 15.9 Å². The Morgan fingerprint density at radius 1 is 1.17 bits per heavy atom. The largest absolute Gasteiger partial charge is 0.497 e. The number of rotatable bonds is 8. The van der Waals surface area contributed by atoms with Crippen LogP contribution in [0.15, 0.2) is 57.9 Å². The average molecular weight is 564 g/mol. The molecule has 0 aliphatic rings. The first-order chi connectivity index (χ1) is 16.5. The second-order valence-electron chi connectivity index (χ2n) is 7.16. The third-order valence-electron chi connectivity index (χ3n) is 4.64. The SMILES string of the molecule is COc1cc(C#N)cc(Oc2c(Br)ccc(OCC(=O)Nc3ccc(S(N)(=O)=O)cc3C)c2F)c1. The molecular formula is C23H19BrFN3O6S. The number of ether oxygens (including phenoxy) is 3. The molecule has 1 amide bonds. The van der Waals surface area contributed by atoms with Gasteiger partial charge in [-0.25, -0.2) is 13.6 Å². The number of benzene rings is 3. The van der Waals surface area contributed by atoms with E-state index in [0.717, 1.165) is 0 Å². The van der Waals surface area contributed by atoms with E-state index in [1.165, 1.54) is 55.6 Å². The van der Waals surface area contributed by atoms with Crippen molar-refractivity contribution >= 4 is 37.5 Å². The molecule has 3 rings (SSSR count). The second-order valence-corrected chi connectivity index (χ2v) is 9.57. The molecule has 0 saturated carbocycles. The number of methoxy groups -OCH3 is 1. The molecule has 0 fully saturated rings.